The summed E-state index contributed by atoms with van der Waals surface area (Å²) in [6.45, 7) is 7.46. The molecule has 0 fully saturated rings. The van der Waals surface area contributed by atoms with Crippen molar-refractivity contribution in [3.8, 4) is 0 Å². The highest BCUT2D eigenvalue weighted by atomic mass is 32.2. The zero-order valence-corrected chi connectivity index (χ0v) is 12.4. The Balaban J connectivity index is 2.37. The van der Waals surface area contributed by atoms with Gasteiger partial charge in [0.25, 0.3) is 0 Å². The second-order valence-electron chi connectivity index (χ2n) is 4.93. The molecule has 0 saturated heterocycles. The quantitative estimate of drug-likeness (QED) is 0.831. The maximum atomic E-state index is 11.8. The van der Waals surface area contributed by atoms with Gasteiger partial charge in [-0.3, -0.25) is 4.79 Å². The summed E-state index contributed by atoms with van der Waals surface area (Å²) < 4.78 is 0.156. The summed E-state index contributed by atoms with van der Waals surface area (Å²) in [5, 5.41) is 6.09. The number of aryl methyl sites for hydroxylation is 1. The highest BCUT2D eigenvalue weighted by Crippen LogP contribution is 2.19. The molecule has 0 spiro atoms. The summed E-state index contributed by atoms with van der Waals surface area (Å²) >= 11 is 1.79. The van der Waals surface area contributed by atoms with E-state index in [4.69, 9.17) is 0 Å². The van der Waals surface area contributed by atoms with Crippen LogP contribution in [-0.4, -0.2) is 30.0 Å². The first-order valence-electron chi connectivity index (χ1n) is 6.06. The van der Waals surface area contributed by atoms with Crippen LogP contribution >= 0.6 is 11.8 Å². The van der Waals surface area contributed by atoms with E-state index in [-0.39, 0.29) is 10.7 Å². The van der Waals surface area contributed by atoms with E-state index < -0.39 is 0 Å². The average molecular weight is 266 g/mol. The maximum absolute atomic E-state index is 11.8. The third-order valence-corrected chi connectivity index (χ3v) is 4.06. The first kappa shape index (κ1) is 15.1. The summed E-state index contributed by atoms with van der Waals surface area (Å²) in [4.78, 5) is 11.8. The van der Waals surface area contributed by atoms with E-state index in [9.17, 15) is 4.79 Å². The third-order valence-electron chi connectivity index (χ3n) is 2.81. The van der Waals surface area contributed by atoms with Gasteiger partial charge in [-0.25, -0.2) is 0 Å². The summed E-state index contributed by atoms with van der Waals surface area (Å²) in [5.74, 6) is 0.00111. The van der Waals surface area contributed by atoms with E-state index in [0.29, 0.717) is 6.54 Å². The molecule has 1 aromatic rings. The molecule has 100 valence electrons. The van der Waals surface area contributed by atoms with Crippen molar-refractivity contribution in [1.82, 2.24) is 5.32 Å². The fourth-order valence-corrected chi connectivity index (χ4v) is 1.70. The number of thioether (sulfide) groups is 1. The standard InChI is InChI=1S/C14H22N2OS/c1-11-7-5-6-8-12(11)16-13(17)9-15-10-14(2,3)18-4/h5-8,15H,9-10H2,1-4H3,(H,16,17). The number of amides is 1. The van der Waals surface area contributed by atoms with Gasteiger partial charge in [-0.2, -0.15) is 11.8 Å². The number of carbonyl (C=O) groups excluding carboxylic acids is 1. The second-order valence-corrected chi connectivity index (χ2v) is 6.44. The molecule has 18 heavy (non-hydrogen) atoms. The Kier molecular flexibility index (Phi) is 5.69. The first-order valence-corrected chi connectivity index (χ1v) is 7.28. The lowest BCUT2D eigenvalue weighted by Gasteiger charge is -2.22. The number of para-hydroxylation sites is 1. The Labute approximate surface area is 114 Å². The largest absolute Gasteiger partial charge is 0.325 e. The molecule has 0 aliphatic rings. The Hall–Kier alpha value is -1.00. The second kappa shape index (κ2) is 6.81. The molecule has 4 heteroatoms. The van der Waals surface area contributed by atoms with Gasteiger partial charge in [0.15, 0.2) is 0 Å². The van der Waals surface area contributed by atoms with Gasteiger partial charge in [0.05, 0.1) is 6.54 Å². The Morgan fingerprint density at radius 1 is 1.33 bits per heavy atom. The lowest BCUT2D eigenvalue weighted by molar-refractivity contribution is -0.115. The van der Waals surface area contributed by atoms with Gasteiger partial charge >= 0.3 is 0 Å². The molecule has 0 radical (unpaired) electrons. The van der Waals surface area contributed by atoms with Crippen LogP contribution in [0.3, 0.4) is 0 Å². The van der Waals surface area contributed by atoms with Crippen molar-refractivity contribution in [2.45, 2.75) is 25.5 Å². The number of nitrogens with one attached hydrogen (secondary N) is 2. The topological polar surface area (TPSA) is 41.1 Å². The van der Waals surface area contributed by atoms with Gasteiger partial charge in [-0.05, 0) is 38.7 Å². The number of rotatable bonds is 6. The zero-order chi connectivity index (χ0) is 13.6. The molecule has 0 aliphatic carbocycles. The minimum Gasteiger partial charge on any atom is -0.325 e. The van der Waals surface area contributed by atoms with Gasteiger partial charge in [-0.15, -0.1) is 0 Å². The molecule has 0 heterocycles. The number of hydrogen-bond acceptors (Lipinski definition) is 3. The Morgan fingerprint density at radius 2 is 2.00 bits per heavy atom. The minimum absolute atomic E-state index is 0.00111. The maximum Gasteiger partial charge on any atom is 0.238 e. The number of benzene rings is 1. The summed E-state index contributed by atoms with van der Waals surface area (Å²) in [6.07, 6.45) is 2.08. The van der Waals surface area contributed by atoms with Crippen molar-refractivity contribution in [2.75, 3.05) is 24.7 Å². The van der Waals surface area contributed by atoms with E-state index in [0.717, 1.165) is 17.8 Å². The lowest BCUT2D eigenvalue weighted by atomic mass is 10.2. The zero-order valence-electron chi connectivity index (χ0n) is 11.5. The van der Waals surface area contributed by atoms with Gasteiger partial charge < -0.3 is 10.6 Å². The SMILES string of the molecule is CSC(C)(C)CNCC(=O)Nc1ccccc1C. The van der Waals surface area contributed by atoms with Crippen LogP contribution < -0.4 is 10.6 Å². The molecule has 1 rings (SSSR count). The molecule has 1 aromatic carbocycles. The molecule has 0 aliphatic heterocycles. The van der Waals surface area contributed by atoms with Crippen LogP contribution in [0.2, 0.25) is 0 Å². The van der Waals surface area contributed by atoms with Crippen LogP contribution in [0.15, 0.2) is 24.3 Å². The van der Waals surface area contributed by atoms with E-state index in [1.54, 1.807) is 11.8 Å². The van der Waals surface area contributed by atoms with Crippen LogP contribution in [0.1, 0.15) is 19.4 Å². The van der Waals surface area contributed by atoms with Crippen LogP contribution in [0, 0.1) is 6.92 Å². The molecule has 2 N–H and O–H groups in total. The predicted molar refractivity (Wildman–Crippen MR) is 80.3 cm³/mol. The first-order chi connectivity index (χ1) is 8.44. The van der Waals surface area contributed by atoms with Gasteiger partial charge in [0.2, 0.25) is 5.91 Å². The number of hydrogen-bond donors (Lipinski definition) is 2. The van der Waals surface area contributed by atoms with Gasteiger partial charge in [0.1, 0.15) is 0 Å². The molecular formula is C14H22N2OS. The van der Waals surface area contributed by atoms with Crippen LogP contribution in [0.5, 0.6) is 0 Å². The van der Waals surface area contributed by atoms with Crippen molar-refractivity contribution in [3.05, 3.63) is 29.8 Å². The van der Waals surface area contributed by atoms with Crippen molar-refractivity contribution in [2.24, 2.45) is 0 Å². The summed E-state index contributed by atoms with van der Waals surface area (Å²) in [5.41, 5.74) is 1.96. The highest BCUT2D eigenvalue weighted by molar-refractivity contribution is 7.99. The average Bonchev–Trinajstić information content (AvgIpc) is 2.32. The van der Waals surface area contributed by atoms with E-state index in [1.807, 2.05) is 31.2 Å². The lowest BCUT2D eigenvalue weighted by Crippen LogP contribution is -2.37. The van der Waals surface area contributed by atoms with Crippen molar-refractivity contribution < 1.29 is 4.79 Å². The summed E-state index contributed by atoms with van der Waals surface area (Å²) in [7, 11) is 0. The third kappa shape index (κ3) is 5.10. The van der Waals surface area contributed by atoms with Crippen LogP contribution in [-0.2, 0) is 4.79 Å². The predicted octanol–water partition coefficient (Wildman–Crippen LogP) is 2.66. The van der Waals surface area contributed by atoms with Crippen molar-refractivity contribution in [1.29, 1.82) is 0 Å². The molecule has 0 aromatic heterocycles. The molecule has 0 saturated carbocycles. The normalized spacial score (nSPS) is 11.3. The van der Waals surface area contributed by atoms with Crippen LogP contribution in [0.25, 0.3) is 0 Å². The van der Waals surface area contributed by atoms with Crippen LogP contribution in [0.4, 0.5) is 5.69 Å². The number of carbonyl (C=O) groups is 1. The smallest absolute Gasteiger partial charge is 0.238 e. The Bertz CT molecular complexity index is 405. The fraction of sp³-hybridized carbons (Fsp3) is 0.500. The monoisotopic (exact) mass is 266 g/mol. The molecule has 1 amide bonds. The Morgan fingerprint density at radius 3 is 2.61 bits per heavy atom. The number of anilines is 1. The molecular weight excluding hydrogens is 244 g/mol. The van der Waals surface area contributed by atoms with Crippen molar-refractivity contribution in [3.63, 3.8) is 0 Å². The molecule has 0 bridgehead atoms. The van der Waals surface area contributed by atoms with Gasteiger partial charge in [-0.1, -0.05) is 18.2 Å². The van der Waals surface area contributed by atoms with Gasteiger partial charge in [0, 0.05) is 17.0 Å². The molecule has 3 nitrogen and oxygen atoms in total. The van der Waals surface area contributed by atoms with E-state index in [2.05, 4.69) is 30.7 Å². The fourth-order valence-electron chi connectivity index (χ4n) is 1.46. The van der Waals surface area contributed by atoms with Crippen molar-refractivity contribution >= 4 is 23.4 Å². The highest BCUT2D eigenvalue weighted by Gasteiger charge is 2.15. The van der Waals surface area contributed by atoms with E-state index >= 15 is 0 Å². The summed E-state index contributed by atoms with van der Waals surface area (Å²) in [6, 6.07) is 7.79. The molecule has 0 unspecified atom stereocenters. The minimum atomic E-state index is 0.00111. The van der Waals surface area contributed by atoms with E-state index in [1.165, 1.54) is 0 Å². The molecule has 0 atom stereocenters.